The standard InChI is InChI=1S/C44H52F3N7O6S/c1-27-21-35-36(49-41(61(8,56)57)51-40(35)52-19-20-54(31(26-52)17-18-48)42(55)60-43(3,4)5)23-34(27)39-38(44(45,46)47)28(2)22-37(50-39)53(24-29-9-13-32(58-6)14-10-29)25-30-11-15-33(59-7)16-12-30/h9-16,22,27,31,34H,17,19-21,23-26H2,1-8H3/t27-,31-,34-/m0/s1. The number of carbonyl (C=O) groups excluding carboxylic acids is 1. The zero-order chi connectivity index (χ0) is 44.4. The minimum Gasteiger partial charge on any atom is -0.497 e. The second kappa shape index (κ2) is 17.8. The van der Waals surface area contributed by atoms with Gasteiger partial charge in [-0.3, -0.25) is 0 Å². The summed E-state index contributed by atoms with van der Waals surface area (Å²) in [7, 11) is -0.847. The fraction of sp³-hybridized carbons (Fsp3) is 0.477. The number of alkyl halides is 3. The number of aryl methyl sites for hydroxylation is 1. The van der Waals surface area contributed by atoms with Gasteiger partial charge in [0.2, 0.25) is 15.0 Å². The first-order valence-electron chi connectivity index (χ1n) is 20.0. The third-order valence-corrected chi connectivity index (χ3v) is 11.8. The first-order chi connectivity index (χ1) is 28.7. The number of nitriles is 1. The van der Waals surface area contributed by atoms with Crippen LogP contribution >= 0.6 is 0 Å². The van der Waals surface area contributed by atoms with E-state index in [4.69, 9.17) is 19.2 Å². The zero-order valence-corrected chi connectivity index (χ0v) is 36.5. The summed E-state index contributed by atoms with van der Waals surface area (Å²) in [5.74, 6) is 0.768. The van der Waals surface area contributed by atoms with E-state index in [1.165, 1.54) is 17.9 Å². The minimum absolute atomic E-state index is 0.00607. The second-order valence-corrected chi connectivity index (χ2v) is 18.7. The van der Waals surface area contributed by atoms with Gasteiger partial charge in [-0.1, -0.05) is 31.2 Å². The summed E-state index contributed by atoms with van der Waals surface area (Å²) < 4.78 is 88.1. The molecule has 2 aliphatic rings. The molecule has 1 aliphatic carbocycles. The summed E-state index contributed by atoms with van der Waals surface area (Å²) in [4.78, 5) is 32.3. The highest BCUT2D eigenvalue weighted by Gasteiger charge is 2.43. The van der Waals surface area contributed by atoms with Crippen molar-refractivity contribution in [2.75, 3.05) is 49.9 Å². The molecule has 3 atom stereocenters. The lowest BCUT2D eigenvalue weighted by molar-refractivity contribution is -0.139. The van der Waals surface area contributed by atoms with Gasteiger partial charge in [-0.05, 0) is 93.5 Å². The molecule has 61 heavy (non-hydrogen) atoms. The van der Waals surface area contributed by atoms with Gasteiger partial charge in [0.05, 0.1) is 49.7 Å². The first kappa shape index (κ1) is 44.9. The van der Waals surface area contributed by atoms with E-state index in [2.05, 4.69) is 16.0 Å². The van der Waals surface area contributed by atoms with Crippen molar-refractivity contribution in [3.8, 4) is 17.6 Å². The lowest BCUT2D eigenvalue weighted by atomic mass is 9.75. The topological polar surface area (TPSA) is 151 Å². The lowest BCUT2D eigenvalue weighted by Gasteiger charge is -2.42. The van der Waals surface area contributed by atoms with Crippen molar-refractivity contribution < 1.29 is 40.6 Å². The zero-order valence-electron chi connectivity index (χ0n) is 35.7. The number of hydrogen-bond donors (Lipinski definition) is 0. The van der Waals surface area contributed by atoms with E-state index >= 15 is 13.2 Å². The van der Waals surface area contributed by atoms with Crippen LogP contribution in [0.3, 0.4) is 0 Å². The van der Waals surface area contributed by atoms with Crippen LogP contribution in [0.25, 0.3) is 0 Å². The number of piperazine rings is 1. The highest BCUT2D eigenvalue weighted by Crippen LogP contribution is 2.45. The van der Waals surface area contributed by atoms with Gasteiger partial charge in [0.1, 0.15) is 28.7 Å². The first-order valence-corrected chi connectivity index (χ1v) is 21.9. The summed E-state index contributed by atoms with van der Waals surface area (Å²) in [6.07, 6.45) is -4.17. The van der Waals surface area contributed by atoms with Crippen LogP contribution < -0.4 is 19.3 Å². The molecule has 326 valence electrons. The number of fused-ring (bicyclic) bond motifs is 1. The molecule has 0 saturated carbocycles. The Hall–Kier alpha value is -5.63. The van der Waals surface area contributed by atoms with Gasteiger partial charge in [-0.15, -0.1) is 0 Å². The van der Waals surface area contributed by atoms with Crippen LogP contribution in [0, 0.1) is 24.2 Å². The summed E-state index contributed by atoms with van der Waals surface area (Å²) in [5, 5.41) is 9.25. The number of amides is 1. The van der Waals surface area contributed by atoms with Crippen LogP contribution in [0.4, 0.5) is 29.6 Å². The molecule has 1 amide bonds. The molecule has 1 saturated heterocycles. The van der Waals surface area contributed by atoms with Gasteiger partial charge in [0, 0.05) is 50.5 Å². The Morgan fingerprint density at radius 1 is 0.934 bits per heavy atom. The van der Waals surface area contributed by atoms with Crippen LogP contribution in [0.2, 0.25) is 0 Å². The number of hydrogen-bond acceptors (Lipinski definition) is 12. The quantitative estimate of drug-likeness (QED) is 0.136. The molecule has 0 spiro atoms. The smallest absolute Gasteiger partial charge is 0.418 e. The molecule has 2 aromatic carbocycles. The van der Waals surface area contributed by atoms with E-state index in [-0.39, 0.29) is 50.2 Å². The van der Waals surface area contributed by atoms with Gasteiger partial charge in [0.25, 0.3) is 0 Å². The average molecular weight is 864 g/mol. The molecule has 3 heterocycles. The fourth-order valence-corrected chi connectivity index (χ4v) is 8.56. The van der Waals surface area contributed by atoms with Crippen LogP contribution in [0.1, 0.15) is 79.2 Å². The third-order valence-electron chi connectivity index (χ3n) is 11.0. The number of halogens is 3. The van der Waals surface area contributed by atoms with E-state index in [0.717, 1.165) is 17.4 Å². The molecular formula is C44H52F3N7O6S. The molecule has 0 N–H and O–H groups in total. The summed E-state index contributed by atoms with van der Waals surface area (Å²) in [6, 6.07) is 17.9. The average Bonchev–Trinajstić information content (AvgIpc) is 3.18. The molecule has 0 radical (unpaired) electrons. The molecule has 1 aliphatic heterocycles. The van der Waals surface area contributed by atoms with Crippen LogP contribution in [-0.4, -0.2) is 86.1 Å². The van der Waals surface area contributed by atoms with Gasteiger partial charge < -0.3 is 28.9 Å². The Kier molecular flexibility index (Phi) is 13.1. The SMILES string of the molecule is COc1ccc(CN(Cc2ccc(OC)cc2)c2cc(C)c(C(F)(F)F)c([C@H]3Cc4nc(S(C)(=O)=O)nc(N5CCN(C(=O)OC(C)(C)C)[C@@H](CC#N)C5)c4C[C@@H]3C)n2)cc1. The van der Waals surface area contributed by atoms with Crippen molar-refractivity contribution in [2.24, 2.45) is 5.92 Å². The number of sulfone groups is 1. The number of carbonyl (C=O) groups is 1. The molecule has 0 bridgehead atoms. The third kappa shape index (κ3) is 10.5. The molecule has 13 nitrogen and oxygen atoms in total. The van der Waals surface area contributed by atoms with Gasteiger partial charge in [-0.25, -0.2) is 28.2 Å². The molecule has 1 fully saturated rings. The Morgan fingerprint density at radius 3 is 2.03 bits per heavy atom. The highest BCUT2D eigenvalue weighted by molar-refractivity contribution is 7.90. The molecule has 0 unspecified atom stereocenters. The van der Waals surface area contributed by atoms with E-state index in [1.54, 1.807) is 35.0 Å². The van der Waals surface area contributed by atoms with E-state index in [1.807, 2.05) is 65.3 Å². The van der Waals surface area contributed by atoms with Crippen molar-refractivity contribution in [3.05, 3.63) is 93.8 Å². The molecule has 4 aromatic rings. The highest BCUT2D eigenvalue weighted by atomic mass is 32.2. The summed E-state index contributed by atoms with van der Waals surface area (Å²) >= 11 is 0. The van der Waals surface area contributed by atoms with Gasteiger partial charge in [0.15, 0.2) is 0 Å². The Bertz CT molecular complexity index is 2330. The second-order valence-electron chi connectivity index (χ2n) is 16.8. The lowest BCUT2D eigenvalue weighted by Crippen LogP contribution is -2.56. The minimum atomic E-state index is -4.75. The number of benzene rings is 2. The number of rotatable bonds is 11. The molecule has 2 aromatic heterocycles. The Morgan fingerprint density at radius 2 is 1.52 bits per heavy atom. The predicted octanol–water partition coefficient (Wildman–Crippen LogP) is 7.68. The largest absolute Gasteiger partial charge is 0.497 e. The fourth-order valence-electron chi connectivity index (χ4n) is 8.03. The maximum atomic E-state index is 15.2. The van der Waals surface area contributed by atoms with E-state index < -0.39 is 56.3 Å². The number of aromatic nitrogens is 3. The maximum absolute atomic E-state index is 15.2. The number of methoxy groups -OCH3 is 2. The van der Waals surface area contributed by atoms with Crippen molar-refractivity contribution in [1.82, 2.24) is 19.9 Å². The van der Waals surface area contributed by atoms with E-state index in [9.17, 15) is 18.5 Å². The monoisotopic (exact) mass is 863 g/mol. The van der Waals surface area contributed by atoms with Crippen LogP contribution in [-0.2, 0) is 46.7 Å². The Balaban J connectivity index is 1.42. The molecular weight excluding hydrogens is 812 g/mol. The molecule has 17 heteroatoms. The van der Waals surface area contributed by atoms with Crippen molar-refractivity contribution in [2.45, 2.75) is 95.9 Å². The number of pyridine rings is 1. The molecule has 6 rings (SSSR count). The van der Waals surface area contributed by atoms with Crippen molar-refractivity contribution in [1.29, 1.82) is 5.26 Å². The van der Waals surface area contributed by atoms with Gasteiger partial charge >= 0.3 is 12.3 Å². The number of anilines is 2. The normalized spacial score (nSPS) is 18.2. The number of nitrogens with zero attached hydrogens (tertiary/aromatic N) is 7. The van der Waals surface area contributed by atoms with Crippen LogP contribution in [0.5, 0.6) is 11.5 Å². The Labute approximate surface area is 355 Å². The summed E-state index contributed by atoms with van der Waals surface area (Å²) in [5.41, 5.74) is 0.959. The van der Waals surface area contributed by atoms with Gasteiger partial charge in [-0.2, -0.15) is 18.4 Å². The van der Waals surface area contributed by atoms with Crippen molar-refractivity contribution >= 4 is 27.6 Å². The maximum Gasteiger partial charge on any atom is 0.418 e. The van der Waals surface area contributed by atoms with Crippen LogP contribution in [0.15, 0.2) is 59.8 Å². The predicted molar refractivity (Wildman–Crippen MR) is 223 cm³/mol. The number of ether oxygens (including phenoxy) is 3. The van der Waals surface area contributed by atoms with Crippen molar-refractivity contribution in [3.63, 3.8) is 0 Å². The summed E-state index contributed by atoms with van der Waals surface area (Å²) in [6.45, 7) is 9.74. The van der Waals surface area contributed by atoms with E-state index in [0.29, 0.717) is 47.5 Å².